The first kappa shape index (κ1) is 30.0. The standard InChI is InChI=1S/C35H43ClN2O5/c1-23-19-35(41,33(40)42-3)26-10-14-32-30(18-26)38(20-25-9-12-28(25)31(39)8-4-5-16-37(23)2)21-34(22-43-32)15-6-7-24-17-27(36)11-13-29(24)34/h4,8,10-11,13-14,17-18,25,28,31,39,41H,1,5-7,9,12,15-16,19-22H2,2-3H3/b8-4+/t25-,28+,31-,34-,35-/m0/s1. The lowest BCUT2D eigenvalue weighted by Crippen LogP contribution is -2.49. The predicted molar refractivity (Wildman–Crippen MR) is 168 cm³/mol. The number of rotatable bonds is 1. The minimum atomic E-state index is -1.92. The number of hydrogen-bond acceptors (Lipinski definition) is 7. The van der Waals surface area contributed by atoms with Crippen molar-refractivity contribution in [3.05, 3.63) is 82.5 Å². The summed E-state index contributed by atoms with van der Waals surface area (Å²) in [6.45, 7) is 6.83. The number of esters is 1. The molecule has 7 nitrogen and oxygen atoms in total. The molecule has 2 bridgehead atoms. The third-order valence-electron chi connectivity index (χ3n) is 10.4. The Labute approximate surface area is 259 Å². The van der Waals surface area contributed by atoms with E-state index in [9.17, 15) is 15.0 Å². The largest absolute Gasteiger partial charge is 0.490 e. The Morgan fingerprint density at radius 1 is 1.21 bits per heavy atom. The van der Waals surface area contributed by atoms with Crippen molar-refractivity contribution in [2.24, 2.45) is 11.8 Å². The number of carbonyl (C=O) groups is 1. The summed E-state index contributed by atoms with van der Waals surface area (Å²) in [6.07, 6.45) is 9.21. The van der Waals surface area contributed by atoms with Crippen LogP contribution in [0.3, 0.4) is 0 Å². The van der Waals surface area contributed by atoms with Gasteiger partial charge >= 0.3 is 5.97 Å². The molecule has 1 saturated carbocycles. The van der Waals surface area contributed by atoms with Crippen molar-refractivity contribution >= 4 is 23.3 Å². The number of halogens is 1. The first-order valence-corrected chi connectivity index (χ1v) is 15.9. The van der Waals surface area contributed by atoms with Crippen molar-refractivity contribution in [3.63, 3.8) is 0 Å². The molecule has 2 aliphatic carbocycles. The summed E-state index contributed by atoms with van der Waals surface area (Å²) in [4.78, 5) is 17.6. The second-order valence-electron chi connectivity index (χ2n) is 13.0. The Bertz CT molecular complexity index is 1430. The Kier molecular flexibility index (Phi) is 8.26. The first-order chi connectivity index (χ1) is 20.6. The molecule has 0 amide bonds. The highest BCUT2D eigenvalue weighted by atomic mass is 35.5. The fraction of sp³-hybridized carbons (Fsp3) is 0.514. The van der Waals surface area contributed by atoms with Crippen molar-refractivity contribution in [1.29, 1.82) is 0 Å². The van der Waals surface area contributed by atoms with Gasteiger partial charge in [-0.2, -0.15) is 0 Å². The summed E-state index contributed by atoms with van der Waals surface area (Å²) in [5, 5.41) is 23.9. The predicted octanol–water partition coefficient (Wildman–Crippen LogP) is 5.36. The molecule has 0 saturated heterocycles. The van der Waals surface area contributed by atoms with E-state index in [1.807, 2.05) is 42.3 Å². The molecule has 43 heavy (non-hydrogen) atoms. The van der Waals surface area contributed by atoms with E-state index in [4.69, 9.17) is 21.1 Å². The Hall–Kier alpha value is -3.00. The van der Waals surface area contributed by atoms with Crippen LogP contribution in [0.5, 0.6) is 5.75 Å². The number of aryl methyl sites for hydroxylation is 1. The van der Waals surface area contributed by atoms with Crippen LogP contribution in [0.4, 0.5) is 5.69 Å². The normalized spacial score (nSPS) is 31.7. The number of nitrogens with zero attached hydrogens (tertiary/aromatic N) is 2. The second-order valence-corrected chi connectivity index (χ2v) is 13.4. The molecule has 0 radical (unpaired) electrons. The maximum Gasteiger partial charge on any atom is 0.342 e. The van der Waals surface area contributed by atoms with Gasteiger partial charge in [0.1, 0.15) is 5.75 Å². The van der Waals surface area contributed by atoms with Crippen LogP contribution in [-0.4, -0.2) is 67.6 Å². The molecule has 2 aliphatic heterocycles. The number of ether oxygens (including phenoxy) is 2. The number of anilines is 1. The van der Waals surface area contributed by atoms with Crippen LogP contribution in [0.15, 0.2) is 60.8 Å². The van der Waals surface area contributed by atoms with Crippen LogP contribution < -0.4 is 9.64 Å². The van der Waals surface area contributed by atoms with Gasteiger partial charge in [0.25, 0.3) is 0 Å². The molecular weight excluding hydrogens is 564 g/mol. The van der Waals surface area contributed by atoms with Crippen molar-refractivity contribution in [2.75, 3.05) is 45.3 Å². The van der Waals surface area contributed by atoms with Crippen LogP contribution >= 0.6 is 11.6 Å². The van der Waals surface area contributed by atoms with Crippen LogP contribution in [0.2, 0.25) is 5.02 Å². The van der Waals surface area contributed by atoms with Crippen molar-refractivity contribution in [1.82, 2.24) is 4.90 Å². The lowest BCUT2D eigenvalue weighted by molar-refractivity contribution is -0.163. The smallest absolute Gasteiger partial charge is 0.342 e. The quantitative estimate of drug-likeness (QED) is 0.334. The molecule has 2 aromatic rings. The molecule has 0 aromatic heterocycles. The number of aliphatic hydroxyl groups excluding tert-OH is 1. The maximum atomic E-state index is 13.2. The molecule has 4 aliphatic rings. The van der Waals surface area contributed by atoms with E-state index in [1.54, 1.807) is 6.07 Å². The Morgan fingerprint density at radius 3 is 2.81 bits per heavy atom. The molecule has 0 unspecified atom stereocenters. The SMILES string of the molecule is C=C1C[C@@](O)(C(=O)OC)c2ccc3c(c2)N(C[C@@H]2CC[C@H]2[C@@H](O)/C=C/CCN1C)C[C@@]1(CCCc2cc(Cl)ccc21)CO3. The van der Waals surface area contributed by atoms with E-state index >= 15 is 0 Å². The molecule has 230 valence electrons. The van der Waals surface area contributed by atoms with Gasteiger partial charge in [-0.3, -0.25) is 0 Å². The lowest BCUT2D eigenvalue weighted by Gasteiger charge is -2.45. The van der Waals surface area contributed by atoms with Gasteiger partial charge in [-0.05, 0) is 91.3 Å². The van der Waals surface area contributed by atoms with E-state index < -0.39 is 17.7 Å². The van der Waals surface area contributed by atoms with Crippen molar-refractivity contribution in [3.8, 4) is 5.75 Å². The fourth-order valence-corrected chi connectivity index (χ4v) is 7.82. The molecule has 5 atom stereocenters. The van der Waals surface area contributed by atoms with Crippen LogP contribution in [0, 0.1) is 11.8 Å². The summed E-state index contributed by atoms with van der Waals surface area (Å²) < 4.78 is 11.8. The van der Waals surface area contributed by atoms with Crippen molar-refractivity contribution < 1.29 is 24.5 Å². The summed E-state index contributed by atoms with van der Waals surface area (Å²) in [6, 6.07) is 11.8. The summed E-state index contributed by atoms with van der Waals surface area (Å²) in [5.74, 6) is 0.477. The molecule has 2 aromatic carbocycles. The van der Waals surface area contributed by atoms with Gasteiger partial charge in [0.15, 0.2) is 5.60 Å². The molecular formula is C35H43ClN2O5. The average Bonchev–Trinajstić information content (AvgIpc) is 3.13. The van der Waals surface area contributed by atoms with E-state index in [1.165, 1.54) is 18.2 Å². The van der Waals surface area contributed by atoms with Crippen LogP contribution in [0.25, 0.3) is 0 Å². The van der Waals surface area contributed by atoms with Gasteiger partial charge in [0.2, 0.25) is 0 Å². The summed E-state index contributed by atoms with van der Waals surface area (Å²) in [5.41, 5.74) is 2.31. The molecule has 8 heteroatoms. The monoisotopic (exact) mass is 606 g/mol. The zero-order chi connectivity index (χ0) is 30.4. The summed E-state index contributed by atoms with van der Waals surface area (Å²) >= 11 is 6.42. The molecule has 1 fully saturated rings. The van der Waals surface area contributed by atoms with Gasteiger partial charge in [0, 0.05) is 49.2 Å². The zero-order valence-electron chi connectivity index (χ0n) is 25.2. The number of benzene rings is 2. The van der Waals surface area contributed by atoms with Gasteiger partial charge in [-0.25, -0.2) is 4.79 Å². The number of aliphatic hydroxyl groups is 2. The van der Waals surface area contributed by atoms with E-state index in [0.29, 0.717) is 30.3 Å². The lowest BCUT2D eigenvalue weighted by atomic mass is 9.68. The number of carbonyl (C=O) groups excluding carboxylic acids is 1. The topological polar surface area (TPSA) is 82.5 Å². The highest BCUT2D eigenvalue weighted by molar-refractivity contribution is 6.30. The third kappa shape index (κ3) is 5.56. The van der Waals surface area contributed by atoms with Gasteiger partial charge in [0.05, 0.1) is 25.5 Å². The Balaban J connectivity index is 1.46. The second kappa shape index (κ2) is 11.8. The number of fused-ring (bicyclic) bond motifs is 4. The van der Waals surface area contributed by atoms with Gasteiger partial charge in [-0.15, -0.1) is 0 Å². The fourth-order valence-electron chi connectivity index (χ4n) is 7.62. The molecule has 2 N–H and O–H groups in total. The van der Waals surface area contributed by atoms with E-state index in [-0.39, 0.29) is 17.8 Å². The minimum absolute atomic E-state index is 0.00900. The van der Waals surface area contributed by atoms with Crippen molar-refractivity contribution in [2.45, 2.75) is 62.1 Å². The van der Waals surface area contributed by atoms with Crippen LogP contribution in [-0.2, 0) is 27.0 Å². The maximum absolute atomic E-state index is 13.2. The van der Waals surface area contributed by atoms with E-state index in [0.717, 1.165) is 68.1 Å². The molecule has 6 rings (SSSR count). The molecule has 2 heterocycles. The zero-order valence-corrected chi connectivity index (χ0v) is 26.0. The third-order valence-corrected chi connectivity index (χ3v) is 10.6. The number of hydrogen-bond donors (Lipinski definition) is 2. The molecule has 1 spiro atoms. The Morgan fingerprint density at radius 2 is 2.05 bits per heavy atom. The first-order valence-electron chi connectivity index (χ1n) is 15.5. The van der Waals surface area contributed by atoms with Crippen LogP contribution in [0.1, 0.15) is 55.2 Å². The summed E-state index contributed by atoms with van der Waals surface area (Å²) in [7, 11) is 3.20. The minimum Gasteiger partial charge on any atom is -0.490 e. The van der Waals surface area contributed by atoms with E-state index in [2.05, 4.69) is 23.6 Å². The van der Waals surface area contributed by atoms with Gasteiger partial charge < -0.3 is 29.5 Å². The number of methoxy groups -OCH3 is 1. The average molecular weight is 607 g/mol. The highest BCUT2D eigenvalue weighted by Gasteiger charge is 2.46. The highest BCUT2D eigenvalue weighted by Crippen LogP contribution is 2.47. The van der Waals surface area contributed by atoms with Gasteiger partial charge in [-0.1, -0.05) is 42.5 Å².